The Kier molecular flexibility index (Phi) is 7.43. The van der Waals surface area contributed by atoms with E-state index in [-0.39, 0.29) is 43.4 Å². The number of piperidine rings is 2. The van der Waals surface area contributed by atoms with Gasteiger partial charge in [0, 0.05) is 56.3 Å². The number of alkyl halides is 2. The number of likely N-dealkylation sites (tertiary alicyclic amines) is 1. The van der Waals surface area contributed by atoms with Gasteiger partial charge in [0.05, 0.1) is 5.69 Å². The topological polar surface area (TPSA) is 98.8 Å². The summed E-state index contributed by atoms with van der Waals surface area (Å²) in [6.45, 7) is 1.96. The van der Waals surface area contributed by atoms with Gasteiger partial charge < -0.3 is 10.2 Å². The maximum atomic E-state index is 13.3. The van der Waals surface area contributed by atoms with Crippen molar-refractivity contribution in [2.24, 2.45) is 0 Å². The summed E-state index contributed by atoms with van der Waals surface area (Å²) in [6.07, 6.45) is 3.17. The summed E-state index contributed by atoms with van der Waals surface area (Å²) < 4.78 is 26.5. The average Bonchev–Trinajstić information content (AvgIpc) is 3.17. The Bertz CT molecular complexity index is 1270. The number of imide groups is 1. The maximum absolute atomic E-state index is 13.3. The Hall–Kier alpha value is -3.40. The van der Waals surface area contributed by atoms with E-state index >= 15 is 0 Å². The molecule has 3 aliphatic rings. The van der Waals surface area contributed by atoms with Crippen molar-refractivity contribution in [2.75, 3.05) is 24.5 Å². The van der Waals surface area contributed by atoms with Crippen molar-refractivity contribution in [3.63, 3.8) is 0 Å². The zero-order chi connectivity index (χ0) is 26.9. The summed E-state index contributed by atoms with van der Waals surface area (Å²) in [5.74, 6) is -3.65. The minimum atomic E-state index is -2.53. The number of hydrogen-bond donors (Lipinski definition) is 2. The molecule has 0 aliphatic carbocycles. The molecular weight excluding hydrogens is 494 g/mol. The molecule has 0 bridgehead atoms. The molecule has 2 aromatic rings. The minimum Gasteiger partial charge on any atom is -0.352 e. The highest BCUT2D eigenvalue weighted by Gasteiger charge is 2.40. The second-order valence-electron chi connectivity index (χ2n) is 10.4. The number of halogens is 2. The molecule has 10 heteroatoms. The third-order valence-electron chi connectivity index (χ3n) is 7.78. The number of carbonyl (C=O) groups excluding carboxylic acids is 4. The van der Waals surface area contributed by atoms with E-state index in [1.165, 1.54) is 4.90 Å². The van der Waals surface area contributed by atoms with Gasteiger partial charge in [-0.15, -0.1) is 0 Å². The highest BCUT2D eigenvalue weighted by Crippen LogP contribution is 2.41. The minimum absolute atomic E-state index is 0.0629. The van der Waals surface area contributed by atoms with E-state index in [4.69, 9.17) is 0 Å². The van der Waals surface area contributed by atoms with Crippen LogP contribution in [0.25, 0.3) is 10.8 Å². The van der Waals surface area contributed by atoms with Crippen molar-refractivity contribution in [1.82, 2.24) is 15.5 Å². The third kappa shape index (κ3) is 5.41. The molecule has 0 spiro atoms. The number of nitrogens with zero attached hydrogens (tertiary/aromatic N) is 2. The summed E-state index contributed by atoms with van der Waals surface area (Å²) in [4.78, 5) is 53.3. The second kappa shape index (κ2) is 10.8. The zero-order valence-electron chi connectivity index (χ0n) is 21.2. The molecule has 4 amide bonds. The molecule has 0 aromatic heterocycles. The fourth-order valence-corrected chi connectivity index (χ4v) is 5.64. The lowest BCUT2D eigenvalue weighted by Gasteiger charge is -2.31. The molecule has 38 heavy (non-hydrogen) atoms. The van der Waals surface area contributed by atoms with Crippen molar-refractivity contribution in [3.8, 4) is 0 Å². The Morgan fingerprint density at radius 3 is 2.61 bits per heavy atom. The SMILES string of the molecule is O=C(CCCCCN1CCC(F)(F)CC1)NCc1ccc2c3c(cccc13)C(=O)N2C1CCC(=O)NC1=O. The molecule has 1 atom stereocenters. The fourth-order valence-electron chi connectivity index (χ4n) is 5.64. The fraction of sp³-hybridized carbons (Fsp3) is 0.500. The number of hydrogen-bond acceptors (Lipinski definition) is 5. The van der Waals surface area contributed by atoms with Crippen LogP contribution in [0.4, 0.5) is 14.5 Å². The van der Waals surface area contributed by atoms with Crippen LogP contribution in [0.15, 0.2) is 30.3 Å². The molecule has 3 heterocycles. The number of anilines is 1. The lowest BCUT2D eigenvalue weighted by atomic mass is 10.00. The first kappa shape index (κ1) is 26.2. The van der Waals surface area contributed by atoms with Crippen LogP contribution >= 0.6 is 0 Å². The largest absolute Gasteiger partial charge is 0.352 e. The molecule has 5 rings (SSSR count). The average molecular weight is 527 g/mol. The summed E-state index contributed by atoms with van der Waals surface area (Å²) in [5.41, 5.74) is 2.02. The van der Waals surface area contributed by atoms with Gasteiger partial charge in [0.2, 0.25) is 17.7 Å². The summed E-state index contributed by atoms with van der Waals surface area (Å²) in [6, 6.07) is 8.36. The smallest absolute Gasteiger partial charge is 0.259 e. The van der Waals surface area contributed by atoms with Crippen LogP contribution in [-0.2, 0) is 20.9 Å². The molecule has 2 aromatic carbocycles. The number of benzene rings is 2. The van der Waals surface area contributed by atoms with Gasteiger partial charge in [0.1, 0.15) is 6.04 Å². The molecule has 0 radical (unpaired) electrons. The van der Waals surface area contributed by atoms with Crippen LogP contribution in [0, 0.1) is 0 Å². The Morgan fingerprint density at radius 2 is 1.84 bits per heavy atom. The molecular formula is C28H32F2N4O4. The molecule has 8 nitrogen and oxygen atoms in total. The van der Waals surface area contributed by atoms with E-state index in [1.54, 1.807) is 18.2 Å². The lowest BCUT2D eigenvalue weighted by Crippen LogP contribution is -2.53. The van der Waals surface area contributed by atoms with Crippen molar-refractivity contribution in [2.45, 2.75) is 69.9 Å². The normalized spacial score (nSPS) is 21.2. The van der Waals surface area contributed by atoms with Crippen LogP contribution < -0.4 is 15.5 Å². The van der Waals surface area contributed by atoms with E-state index in [1.807, 2.05) is 12.1 Å². The first-order valence-electron chi connectivity index (χ1n) is 13.3. The third-order valence-corrected chi connectivity index (χ3v) is 7.78. The summed E-state index contributed by atoms with van der Waals surface area (Å²) in [7, 11) is 0. The second-order valence-corrected chi connectivity index (χ2v) is 10.4. The van der Waals surface area contributed by atoms with E-state index < -0.39 is 17.9 Å². The van der Waals surface area contributed by atoms with E-state index in [9.17, 15) is 28.0 Å². The van der Waals surface area contributed by atoms with Gasteiger partial charge in [-0.2, -0.15) is 0 Å². The van der Waals surface area contributed by atoms with Gasteiger partial charge in [-0.05, 0) is 48.9 Å². The maximum Gasteiger partial charge on any atom is 0.259 e. The standard InChI is InChI=1S/C28H32F2N4O4/c29-28(30)12-15-33(16-13-28)14-3-1-2-7-23(35)31-17-18-8-9-21-25-19(18)5-4-6-20(25)27(38)34(21)22-10-11-24(36)32-26(22)37/h4-6,8-9,22H,1-3,7,10-17H2,(H,31,35)(H,32,36,37). The number of nitrogens with one attached hydrogen (secondary N) is 2. The monoisotopic (exact) mass is 526 g/mol. The van der Waals surface area contributed by atoms with Crippen LogP contribution in [0.3, 0.4) is 0 Å². The molecule has 202 valence electrons. The first-order chi connectivity index (χ1) is 18.2. The Labute approximate surface area is 219 Å². The van der Waals surface area contributed by atoms with Gasteiger partial charge in [-0.1, -0.05) is 24.6 Å². The van der Waals surface area contributed by atoms with Crippen LogP contribution in [-0.4, -0.2) is 60.1 Å². The quantitative estimate of drug-likeness (QED) is 0.385. The number of rotatable bonds is 9. The van der Waals surface area contributed by atoms with Gasteiger partial charge in [-0.25, -0.2) is 8.78 Å². The van der Waals surface area contributed by atoms with Gasteiger partial charge in [-0.3, -0.25) is 29.4 Å². The number of unbranched alkanes of at least 4 members (excludes halogenated alkanes) is 2. The predicted octanol–water partition coefficient (Wildman–Crippen LogP) is 3.51. The van der Waals surface area contributed by atoms with Crippen LogP contribution in [0.1, 0.15) is 67.3 Å². The predicted molar refractivity (Wildman–Crippen MR) is 138 cm³/mol. The Morgan fingerprint density at radius 1 is 1.05 bits per heavy atom. The molecule has 1 unspecified atom stereocenters. The molecule has 0 saturated carbocycles. The summed E-state index contributed by atoms with van der Waals surface area (Å²) >= 11 is 0. The highest BCUT2D eigenvalue weighted by molar-refractivity contribution is 6.27. The molecule has 2 fully saturated rings. The molecule has 3 aliphatic heterocycles. The zero-order valence-corrected chi connectivity index (χ0v) is 21.2. The summed E-state index contributed by atoms with van der Waals surface area (Å²) in [5, 5.41) is 6.89. The van der Waals surface area contributed by atoms with E-state index in [0.29, 0.717) is 37.3 Å². The van der Waals surface area contributed by atoms with Gasteiger partial charge in [0.15, 0.2) is 0 Å². The molecule has 2 N–H and O–H groups in total. The van der Waals surface area contributed by atoms with Crippen LogP contribution in [0.5, 0.6) is 0 Å². The van der Waals surface area contributed by atoms with E-state index in [2.05, 4.69) is 15.5 Å². The lowest BCUT2D eigenvalue weighted by molar-refractivity contribution is -0.134. The van der Waals surface area contributed by atoms with Gasteiger partial charge in [0.25, 0.3) is 11.8 Å². The molecule has 2 saturated heterocycles. The van der Waals surface area contributed by atoms with Crippen molar-refractivity contribution in [3.05, 3.63) is 41.5 Å². The van der Waals surface area contributed by atoms with Crippen molar-refractivity contribution in [1.29, 1.82) is 0 Å². The van der Waals surface area contributed by atoms with Crippen molar-refractivity contribution >= 4 is 40.1 Å². The number of amides is 4. The van der Waals surface area contributed by atoms with E-state index in [0.717, 1.165) is 42.1 Å². The highest BCUT2D eigenvalue weighted by atomic mass is 19.3. The first-order valence-corrected chi connectivity index (χ1v) is 13.3. The van der Waals surface area contributed by atoms with Crippen LogP contribution in [0.2, 0.25) is 0 Å². The number of carbonyl (C=O) groups is 4. The van der Waals surface area contributed by atoms with Gasteiger partial charge >= 0.3 is 0 Å². The van der Waals surface area contributed by atoms with Crippen molar-refractivity contribution < 1.29 is 28.0 Å². The Balaban J connectivity index is 1.15.